The summed E-state index contributed by atoms with van der Waals surface area (Å²) in [4.78, 5) is 22.2. The van der Waals surface area contributed by atoms with E-state index in [1.165, 1.54) is 13.2 Å². The first-order chi connectivity index (χ1) is 7.07. The van der Waals surface area contributed by atoms with Gasteiger partial charge >= 0.3 is 0 Å². The van der Waals surface area contributed by atoms with E-state index in [2.05, 4.69) is 0 Å². The zero-order valence-electron chi connectivity index (χ0n) is 8.49. The molecule has 0 aliphatic heterocycles. The summed E-state index contributed by atoms with van der Waals surface area (Å²) in [6.07, 6.45) is -2.11. The Balaban J connectivity index is 3.05. The molecule has 0 saturated heterocycles. The molecule has 4 heteroatoms. The Kier molecular flexibility index (Phi) is 3.55. The summed E-state index contributed by atoms with van der Waals surface area (Å²) in [5, 5.41) is 0. The van der Waals surface area contributed by atoms with E-state index >= 15 is 0 Å². The molecule has 0 spiro atoms. The number of ketones is 2. The van der Waals surface area contributed by atoms with Crippen molar-refractivity contribution in [3.05, 3.63) is 29.8 Å². The zero-order chi connectivity index (χ0) is 11.4. The van der Waals surface area contributed by atoms with Crippen molar-refractivity contribution in [2.75, 3.05) is 7.11 Å². The maximum Gasteiger partial charge on any atom is 0.220 e. The number of ether oxygens (including phenoxy) is 1. The lowest BCUT2D eigenvalue weighted by molar-refractivity contribution is -0.120. The van der Waals surface area contributed by atoms with Crippen LogP contribution in [0.1, 0.15) is 17.3 Å². The number of halogens is 1. The minimum absolute atomic E-state index is 0.0858. The first-order valence-electron chi connectivity index (χ1n) is 4.39. The van der Waals surface area contributed by atoms with E-state index in [-0.39, 0.29) is 11.3 Å². The van der Waals surface area contributed by atoms with Gasteiger partial charge in [0.05, 0.1) is 12.7 Å². The summed E-state index contributed by atoms with van der Waals surface area (Å²) in [6.45, 7) is 1.04. The Hall–Kier alpha value is -1.71. The summed E-state index contributed by atoms with van der Waals surface area (Å²) in [5.41, 5.74) is 0.0858. The van der Waals surface area contributed by atoms with E-state index in [1.54, 1.807) is 18.2 Å². The van der Waals surface area contributed by atoms with Gasteiger partial charge in [-0.1, -0.05) is 12.1 Å². The van der Waals surface area contributed by atoms with Gasteiger partial charge in [-0.05, 0) is 19.1 Å². The van der Waals surface area contributed by atoms with Crippen molar-refractivity contribution in [1.82, 2.24) is 0 Å². The fourth-order valence-electron chi connectivity index (χ4n) is 1.17. The van der Waals surface area contributed by atoms with Crippen LogP contribution in [0.15, 0.2) is 24.3 Å². The predicted molar refractivity (Wildman–Crippen MR) is 52.9 cm³/mol. The summed E-state index contributed by atoms with van der Waals surface area (Å²) in [7, 11) is 1.38. The molecule has 0 fully saturated rings. The van der Waals surface area contributed by atoms with Gasteiger partial charge in [-0.15, -0.1) is 0 Å². The molecule has 80 valence electrons. The van der Waals surface area contributed by atoms with E-state index in [0.717, 1.165) is 6.92 Å². The lowest BCUT2D eigenvalue weighted by Gasteiger charge is -2.08. The molecule has 0 aromatic heterocycles. The molecular formula is C11H11FO3. The highest BCUT2D eigenvalue weighted by Gasteiger charge is 2.25. The van der Waals surface area contributed by atoms with Gasteiger partial charge in [0.1, 0.15) is 5.75 Å². The number of carbonyl (C=O) groups is 2. The van der Waals surface area contributed by atoms with Crippen molar-refractivity contribution in [2.24, 2.45) is 0 Å². The largest absolute Gasteiger partial charge is 0.496 e. The monoisotopic (exact) mass is 210 g/mol. The third-order valence-corrected chi connectivity index (χ3v) is 1.96. The molecule has 1 rings (SSSR count). The number of Topliss-reactive ketones (excluding diaryl/α,β-unsaturated/α-hetero) is 2. The minimum atomic E-state index is -2.11. The number of hydrogen-bond donors (Lipinski definition) is 0. The molecule has 3 nitrogen and oxygen atoms in total. The van der Waals surface area contributed by atoms with Gasteiger partial charge in [-0.25, -0.2) is 4.39 Å². The third kappa shape index (κ3) is 2.40. The Bertz CT molecular complexity index is 387. The average molecular weight is 210 g/mol. The van der Waals surface area contributed by atoms with Crippen LogP contribution >= 0.6 is 0 Å². The number of hydrogen-bond acceptors (Lipinski definition) is 3. The van der Waals surface area contributed by atoms with Crippen LogP contribution in [0.25, 0.3) is 0 Å². The number of alkyl halides is 1. The first kappa shape index (κ1) is 11.4. The molecule has 1 atom stereocenters. The molecule has 1 aromatic carbocycles. The van der Waals surface area contributed by atoms with Crippen LogP contribution in [0.2, 0.25) is 0 Å². The van der Waals surface area contributed by atoms with E-state index < -0.39 is 17.7 Å². The normalized spacial score (nSPS) is 11.9. The van der Waals surface area contributed by atoms with Crippen molar-refractivity contribution < 1.29 is 18.7 Å². The summed E-state index contributed by atoms with van der Waals surface area (Å²) >= 11 is 0. The molecule has 0 saturated carbocycles. The first-order valence-corrected chi connectivity index (χ1v) is 4.39. The summed E-state index contributed by atoms with van der Waals surface area (Å²) in [5.74, 6) is -1.39. The van der Waals surface area contributed by atoms with Crippen LogP contribution < -0.4 is 4.74 Å². The lowest BCUT2D eigenvalue weighted by Crippen LogP contribution is -2.23. The molecule has 1 aromatic rings. The molecule has 0 amide bonds. The van der Waals surface area contributed by atoms with Gasteiger partial charge in [0.25, 0.3) is 0 Å². The number of methoxy groups -OCH3 is 1. The Morgan fingerprint density at radius 3 is 2.47 bits per heavy atom. The average Bonchev–Trinajstić information content (AvgIpc) is 2.26. The number of para-hydroxylation sites is 1. The second-order valence-corrected chi connectivity index (χ2v) is 3.04. The SMILES string of the molecule is COc1ccccc1C(=O)C(F)C(C)=O. The molecule has 1 unspecified atom stereocenters. The van der Waals surface area contributed by atoms with Gasteiger partial charge in [0, 0.05) is 0 Å². The summed E-state index contributed by atoms with van der Waals surface area (Å²) < 4.78 is 18.1. The number of benzene rings is 1. The van der Waals surface area contributed by atoms with Crippen molar-refractivity contribution in [2.45, 2.75) is 13.1 Å². The Morgan fingerprint density at radius 2 is 1.93 bits per heavy atom. The molecule has 0 aliphatic carbocycles. The van der Waals surface area contributed by atoms with Gasteiger partial charge in [0.15, 0.2) is 5.78 Å². The maximum atomic E-state index is 13.2. The highest BCUT2D eigenvalue weighted by molar-refractivity contribution is 6.13. The standard InChI is InChI=1S/C11H11FO3/c1-7(13)10(12)11(14)8-5-3-4-6-9(8)15-2/h3-6,10H,1-2H3. The molecule has 0 radical (unpaired) electrons. The fraction of sp³-hybridized carbons (Fsp3) is 0.273. The molecule has 15 heavy (non-hydrogen) atoms. The van der Waals surface area contributed by atoms with Crippen molar-refractivity contribution >= 4 is 11.6 Å². The van der Waals surface area contributed by atoms with Crippen molar-refractivity contribution in [3.8, 4) is 5.75 Å². The van der Waals surface area contributed by atoms with Gasteiger partial charge < -0.3 is 4.74 Å². The second-order valence-electron chi connectivity index (χ2n) is 3.04. The fourth-order valence-corrected chi connectivity index (χ4v) is 1.17. The zero-order valence-corrected chi connectivity index (χ0v) is 8.49. The van der Waals surface area contributed by atoms with Crippen LogP contribution in [-0.4, -0.2) is 24.8 Å². The number of rotatable bonds is 4. The topological polar surface area (TPSA) is 43.4 Å². The van der Waals surface area contributed by atoms with Crippen LogP contribution in [-0.2, 0) is 4.79 Å². The van der Waals surface area contributed by atoms with Crippen LogP contribution in [0.4, 0.5) is 4.39 Å². The van der Waals surface area contributed by atoms with E-state index in [9.17, 15) is 14.0 Å². The second kappa shape index (κ2) is 4.68. The smallest absolute Gasteiger partial charge is 0.220 e. The highest BCUT2D eigenvalue weighted by Crippen LogP contribution is 2.20. The molecule has 0 aliphatic rings. The Labute approximate surface area is 86.9 Å². The van der Waals surface area contributed by atoms with Crippen LogP contribution in [0.3, 0.4) is 0 Å². The van der Waals surface area contributed by atoms with E-state index in [1.807, 2.05) is 0 Å². The third-order valence-electron chi connectivity index (χ3n) is 1.96. The molecular weight excluding hydrogens is 199 g/mol. The van der Waals surface area contributed by atoms with Crippen LogP contribution in [0.5, 0.6) is 5.75 Å². The van der Waals surface area contributed by atoms with Crippen molar-refractivity contribution in [1.29, 1.82) is 0 Å². The molecule has 0 bridgehead atoms. The quantitative estimate of drug-likeness (QED) is 0.562. The van der Waals surface area contributed by atoms with E-state index in [0.29, 0.717) is 0 Å². The van der Waals surface area contributed by atoms with E-state index in [4.69, 9.17) is 4.74 Å². The van der Waals surface area contributed by atoms with Gasteiger partial charge in [0.2, 0.25) is 12.0 Å². The van der Waals surface area contributed by atoms with Gasteiger partial charge in [-0.2, -0.15) is 0 Å². The van der Waals surface area contributed by atoms with Crippen molar-refractivity contribution in [3.63, 3.8) is 0 Å². The molecule has 0 N–H and O–H groups in total. The predicted octanol–water partition coefficient (Wildman–Crippen LogP) is 1.80. The maximum absolute atomic E-state index is 13.2. The minimum Gasteiger partial charge on any atom is -0.496 e. The summed E-state index contributed by atoms with van der Waals surface area (Å²) in [6, 6.07) is 6.22. The molecule has 0 heterocycles. The lowest BCUT2D eigenvalue weighted by atomic mass is 10.0. The van der Waals surface area contributed by atoms with Gasteiger partial charge in [-0.3, -0.25) is 9.59 Å². The highest BCUT2D eigenvalue weighted by atomic mass is 19.1. The number of carbonyl (C=O) groups excluding carboxylic acids is 2. The van der Waals surface area contributed by atoms with Crippen LogP contribution in [0, 0.1) is 0 Å². The Morgan fingerprint density at radius 1 is 1.33 bits per heavy atom.